The number of para-hydroxylation sites is 4. The molecule has 14 rings (SSSR count). The average molecular weight is 974 g/mol. The Morgan fingerprint density at radius 3 is 0.836 bits per heavy atom. The molecule has 7 heteroatoms. The molecule has 0 aliphatic rings. The van der Waals surface area contributed by atoms with Gasteiger partial charge in [-0.05, 0) is 78.9 Å². The van der Waals surface area contributed by atoms with Crippen LogP contribution in [0.5, 0.6) is 0 Å². The first-order chi connectivity index (χ1) is 36.0. The fraction of sp³-hybridized carbons (Fsp3) is 0. The van der Waals surface area contributed by atoms with Gasteiger partial charge in [0, 0.05) is 81.2 Å². The van der Waals surface area contributed by atoms with Crippen molar-refractivity contribution in [1.82, 2.24) is 13.7 Å². The minimum atomic E-state index is -3.25. The summed E-state index contributed by atoms with van der Waals surface area (Å²) in [5, 5.41) is 11.6. The van der Waals surface area contributed by atoms with E-state index in [1.54, 1.807) is 0 Å². The van der Waals surface area contributed by atoms with Crippen molar-refractivity contribution < 1.29 is 9.13 Å². The maximum absolute atomic E-state index is 15.7. The van der Waals surface area contributed by atoms with Crippen LogP contribution in [0.15, 0.2) is 273 Å². The molecular formula is C66H45N3O2P2. The van der Waals surface area contributed by atoms with Crippen LogP contribution >= 0.6 is 14.3 Å². The molecule has 0 saturated carbocycles. The molecule has 0 fully saturated rings. The van der Waals surface area contributed by atoms with Crippen molar-refractivity contribution in [3.05, 3.63) is 273 Å². The summed E-state index contributed by atoms with van der Waals surface area (Å²) in [5.74, 6) is 0. The molecule has 14 aromatic rings. The zero-order valence-electron chi connectivity index (χ0n) is 39.5. The summed E-state index contributed by atoms with van der Waals surface area (Å²) in [6.07, 6.45) is 0. The number of hydrogen-bond donors (Lipinski definition) is 0. The monoisotopic (exact) mass is 973 g/mol. The van der Waals surface area contributed by atoms with Gasteiger partial charge in [0.2, 0.25) is 0 Å². The second kappa shape index (κ2) is 17.0. The van der Waals surface area contributed by atoms with Crippen LogP contribution in [0.25, 0.3) is 82.5 Å². The van der Waals surface area contributed by atoms with Gasteiger partial charge in [-0.2, -0.15) is 0 Å². The summed E-state index contributed by atoms with van der Waals surface area (Å²) in [5.41, 5.74) is 9.46. The first-order valence-electron chi connectivity index (χ1n) is 24.6. The molecule has 5 nitrogen and oxygen atoms in total. The van der Waals surface area contributed by atoms with Crippen molar-refractivity contribution in [2.45, 2.75) is 0 Å². The molecule has 11 aromatic carbocycles. The van der Waals surface area contributed by atoms with Crippen molar-refractivity contribution in [3.63, 3.8) is 0 Å². The van der Waals surface area contributed by atoms with Crippen LogP contribution < -0.4 is 31.8 Å². The normalized spacial score (nSPS) is 12.2. The number of rotatable bonds is 9. The first kappa shape index (κ1) is 43.1. The van der Waals surface area contributed by atoms with Crippen LogP contribution in [-0.4, -0.2) is 13.7 Å². The SMILES string of the molecule is O=P(c1ccccc1)(c1ccccc1)c1ccc(-n2c3ccccc3c3c4c5ccccc5n(-c5ccccc5)c4c4c(c5ccccc5n4-c4ccc(P(=O)(c5ccccc5)c5ccccc5)cc4)c32)cc1. The van der Waals surface area contributed by atoms with E-state index in [4.69, 9.17) is 0 Å². The van der Waals surface area contributed by atoms with Crippen molar-refractivity contribution in [2.24, 2.45) is 0 Å². The molecule has 0 N–H and O–H groups in total. The van der Waals surface area contributed by atoms with Crippen LogP contribution in [0.1, 0.15) is 0 Å². The zero-order chi connectivity index (χ0) is 48.7. The molecule has 0 amide bonds. The molecule has 0 atom stereocenters. The molecule has 3 aromatic heterocycles. The van der Waals surface area contributed by atoms with E-state index < -0.39 is 14.3 Å². The Labute approximate surface area is 422 Å². The minimum absolute atomic E-state index is 0.771. The number of fused-ring (bicyclic) bond motifs is 12. The molecule has 3 heterocycles. The Kier molecular flexibility index (Phi) is 10.0. The number of hydrogen-bond acceptors (Lipinski definition) is 2. The minimum Gasteiger partial charge on any atom is -0.309 e. The molecule has 0 unspecified atom stereocenters. The Morgan fingerprint density at radius 1 is 0.219 bits per heavy atom. The van der Waals surface area contributed by atoms with E-state index in [1.165, 1.54) is 0 Å². The van der Waals surface area contributed by atoms with Gasteiger partial charge in [0.1, 0.15) is 0 Å². The maximum Gasteiger partial charge on any atom is 0.171 e. The van der Waals surface area contributed by atoms with E-state index in [1.807, 2.05) is 121 Å². The highest BCUT2D eigenvalue weighted by Crippen LogP contribution is 2.51. The second-order valence-electron chi connectivity index (χ2n) is 18.7. The van der Waals surface area contributed by atoms with Gasteiger partial charge in [0.05, 0.1) is 33.1 Å². The highest BCUT2D eigenvalue weighted by atomic mass is 31.2. The van der Waals surface area contributed by atoms with Gasteiger partial charge in [-0.15, -0.1) is 0 Å². The van der Waals surface area contributed by atoms with Gasteiger partial charge in [0.25, 0.3) is 0 Å². The van der Waals surface area contributed by atoms with Crippen LogP contribution in [0.2, 0.25) is 0 Å². The van der Waals surface area contributed by atoms with E-state index in [0.29, 0.717) is 0 Å². The standard InChI is InChI=1S/C66H45N3O2P2/c70-72(49-24-8-2-9-25-49,50-26-10-3-11-27-50)53-42-38-47(39-43-53)67-58-35-19-16-32-55(58)61-62-56-33-17-20-36-59(56)68(46-22-6-1-7-23-46)65(62)66-63(64(61)67)57-34-18-21-37-60(57)69(66)48-40-44-54(45-41-48)73(71,51-28-12-4-13-29-51)52-30-14-5-15-31-52/h1-45H. The second-order valence-corrected chi connectivity index (χ2v) is 24.2. The van der Waals surface area contributed by atoms with Crippen LogP contribution in [0.4, 0.5) is 0 Å². The largest absolute Gasteiger partial charge is 0.309 e. The molecule has 0 saturated heterocycles. The van der Waals surface area contributed by atoms with Gasteiger partial charge in [-0.3, -0.25) is 0 Å². The third-order valence-corrected chi connectivity index (χ3v) is 20.9. The topological polar surface area (TPSA) is 48.9 Å². The summed E-state index contributed by atoms with van der Waals surface area (Å²) < 4.78 is 38.7. The Morgan fingerprint density at radius 2 is 0.466 bits per heavy atom. The predicted octanol–water partition coefficient (Wildman–Crippen LogP) is 14.3. The summed E-state index contributed by atoms with van der Waals surface area (Å²) in [7, 11) is -6.49. The van der Waals surface area contributed by atoms with Gasteiger partial charge in [-0.25, -0.2) is 0 Å². The van der Waals surface area contributed by atoms with Crippen LogP contribution in [0, 0.1) is 0 Å². The Hall–Kier alpha value is -8.72. The summed E-state index contributed by atoms with van der Waals surface area (Å²) >= 11 is 0. The molecule has 0 aliphatic carbocycles. The maximum atomic E-state index is 15.7. The smallest absolute Gasteiger partial charge is 0.171 e. The fourth-order valence-electron chi connectivity index (χ4n) is 11.6. The zero-order valence-corrected chi connectivity index (χ0v) is 41.3. The molecule has 0 spiro atoms. The van der Waals surface area contributed by atoms with Crippen molar-refractivity contribution in [3.8, 4) is 17.1 Å². The molecule has 73 heavy (non-hydrogen) atoms. The highest BCUT2D eigenvalue weighted by Gasteiger charge is 2.33. The third kappa shape index (κ3) is 6.43. The van der Waals surface area contributed by atoms with E-state index in [0.717, 1.165) is 114 Å². The molecule has 346 valence electrons. The summed E-state index contributed by atoms with van der Waals surface area (Å²) in [6, 6.07) is 93.4. The quantitative estimate of drug-likeness (QED) is 0.135. The number of nitrogens with zero attached hydrogens (tertiary/aromatic N) is 3. The lowest BCUT2D eigenvalue weighted by Gasteiger charge is -2.21. The van der Waals surface area contributed by atoms with Gasteiger partial charge in [-0.1, -0.05) is 194 Å². The van der Waals surface area contributed by atoms with Crippen LogP contribution in [0.3, 0.4) is 0 Å². The Bertz CT molecular complexity index is 4420. The van der Waals surface area contributed by atoms with Crippen molar-refractivity contribution in [1.29, 1.82) is 0 Å². The number of aromatic nitrogens is 3. The van der Waals surface area contributed by atoms with Gasteiger partial charge < -0.3 is 22.8 Å². The van der Waals surface area contributed by atoms with Crippen molar-refractivity contribution in [2.75, 3.05) is 0 Å². The fourth-order valence-corrected chi connectivity index (χ4v) is 16.9. The number of benzene rings is 11. The lowest BCUT2D eigenvalue weighted by molar-refractivity contribution is 0.591. The van der Waals surface area contributed by atoms with E-state index in [2.05, 4.69) is 165 Å². The summed E-state index contributed by atoms with van der Waals surface area (Å²) in [4.78, 5) is 0. The van der Waals surface area contributed by atoms with Crippen LogP contribution in [-0.2, 0) is 9.13 Å². The van der Waals surface area contributed by atoms with Gasteiger partial charge >= 0.3 is 0 Å². The lowest BCUT2D eigenvalue weighted by atomic mass is 10.0. The predicted molar refractivity (Wildman–Crippen MR) is 308 cm³/mol. The third-order valence-electron chi connectivity index (χ3n) is 14.8. The molecule has 0 aliphatic heterocycles. The van der Waals surface area contributed by atoms with E-state index in [9.17, 15) is 0 Å². The molecule has 0 radical (unpaired) electrons. The molecular weight excluding hydrogens is 929 g/mol. The van der Waals surface area contributed by atoms with Gasteiger partial charge in [0.15, 0.2) is 14.3 Å². The van der Waals surface area contributed by atoms with Crippen molar-refractivity contribution >= 4 is 112 Å². The first-order valence-corrected chi connectivity index (χ1v) is 28.1. The lowest BCUT2D eigenvalue weighted by Crippen LogP contribution is -2.25. The Balaban J connectivity index is 1.11. The molecule has 0 bridgehead atoms. The van der Waals surface area contributed by atoms with E-state index >= 15 is 9.13 Å². The summed E-state index contributed by atoms with van der Waals surface area (Å²) in [6.45, 7) is 0. The average Bonchev–Trinajstić information content (AvgIpc) is 4.14. The van der Waals surface area contributed by atoms with E-state index in [-0.39, 0.29) is 0 Å². The highest BCUT2D eigenvalue weighted by molar-refractivity contribution is 7.85.